The summed E-state index contributed by atoms with van der Waals surface area (Å²) in [5.41, 5.74) is 1.10. The van der Waals surface area contributed by atoms with Crippen LogP contribution in [0.3, 0.4) is 0 Å². The van der Waals surface area contributed by atoms with Gasteiger partial charge in [-0.3, -0.25) is 0 Å². The Morgan fingerprint density at radius 1 is 1.35 bits per heavy atom. The highest BCUT2D eigenvalue weighted by Crippen LogP contribution is 2.40. The fourth-order valence-electron chi connectivity index (χ4n) is 1.73. The number of nitrogens with zero attached hydrogens (tertiary/aromatic N) is 2. The molecule has 0 bridgehead atoms. The van der Waals surface area contributed by atoms with E-state index in [1.165, 1.54) is 12.8 Å². The highest BCUT2D eigenvalue weighted by atomic mass is 79.9. The first-order valence-electron chi connectivity index (χ1n) is 5.58. The topological polar surface area (TPSA) is 51.0 Å². The maximum Gasteiger partial charge on any atom is 0.197 e. The molecule has 0 unspecified atom stereocenters. The van der Waals surface area contributed by atoms with E-state index < -0.39 is 0 Å². The van der Waals surface area contributed by atoms with Crippen molar-refractivity contribution in [3.63, 3.8) is 0 Å². The average molecular weight is 294 g/mol. The predicted octanol–water partition coefficient (Wildman–Crippen LogP) is 3.42. The molecule has 2 aromatic rings. The van der Waals surface area contributed by atoms with Crippen LogP contribution < -0.4 is 5.32 Å². The molecule has 1 aliphatic rings. The van der Waals surface area contributed by atoms with Crippen molar-refractivity contribution >= 4 is 21.7 Å². The van der Waals surface area contributed by atoms with Crippen LogP contribution in [0.15, 0.2) is 27.3 Å². The number of hydrogen-bond acceptors (Lipinski definition) is 4. The molecule has 88 valence electrons. The normalized spacial score (nSPS) is 14.9. The molecule has 0 aliphatic heterocycles. The maximum atomic E-state index is 5.49. The van der Waals surface area contributed by atoms with E-state index in [-0.39, 0.29) is 0 Å². The van der Waals surface area contributed by atoms with Crippen LogP contribution in [0.1, 0.15) is 24.5 Å². The zero-order valence-electron chi connectivity index (χ0n) is 9.40. The molecule has 0 atom stereocenters. The van der Waals surface area contributed by atoms with E-state index in [4.69, 9.17) is 4.42 Å². The summed E-state index contributed by atoms with van der Waals surface area (Å²) in [6.45, 7) is 0. The Balaban J connectivity index is 2.05. The molecule has 5 heteroatoms. The van der Waals surface area contributed by atoms with E-state index in [2.05, 4.69) is 31.2 Å². The van der Waals surface area contributed by atoms with E-state index in [0.29, 0.717) is 22.2 Å². The predicted molar refractivity (Wildman–Crippen MR) is 69.0 cm³/mol. The summed E-state index contributed by atoms with van der Waals surface area (Å²) >= 11 is 3.29. The molecule has 4 nitrogen and oxygen atoms in total. The fourth-order valence-corrected chi connectivity index (χ4v) is 2.03. The van der Waals surface area contributed by atoms with Crippen LogP contribution in [0, 0.1) is 0 Å². The number of halogens is 1. The van der Waals surface area contributed by atoms with Crippen molar-refractivity contribution in [2.75, 3.05) is 12.4 Å². The Morgan fingerprint density at radius 3 is 2.76 bits per heavy atom. The van der Waals surface area contributed by atoms with E-state index in [0.717, 1.165) is 11.5 Å². The number of nitrogens with one attached hydrogen (secondary N) is 1. The lowest BCUT2D eigenvalue weighted by Gasteiger charge is -2.05. The lowest BCUT2D eigenvalue weighted by Crippen LogP contribution is -1.99. The van der Waals surface area contributed by atoms with Gasteiger partial charge in [-0.2, -0.15) is 0 Å². The second-order valence-electron chi connectivity index (χ2n) is 4.13. The first-order chi connectivity index (χ1) is 8.26. The van der Waals surface area contributed by atoms with Gasteiger partial charge < -0.3 is 9.73 Å². The molecule has 2 heterocycles. The van der Waals surface area contributed by atoms with Gasteiger partial charge in [0, 0.05) is 24.7 Å². The molecule has 2 aromatic heterocycles. The first-order valence-corrected chi connectivity index (χ1v) is 6.38. The molecule has 0 saturated heterocycles. The van der Waals surface area contributed by atoms with Crippen LogP contribution in [-0.2, 0) is 0 Å². The molecule has 0 radical (unpaired) electrons. The highest BCUT2D eigenvalue weighted by molar-refractivity contribution is 9.10. The molecule has 3 rings (SSSR count). The molecule has 1 aliphatic carbocycles. The lowest BCUT2D eigenvalue weighted by molar-refractivity contribution is 0.551. The van der Waals surface area contributed by atoms with Crippen LogP contribution in [0.4, 0.5) is 5.82 Å². The third-order valence-corrected chi connectivity index (χ3v) is 3.22. The highest BCUT2D eigenvalue weighted by Gasteiger charge is 2.26. The number of hydrogen-bond donors (Lipinski definition) is 1. The van der Waals surface area contributed by atoms with Gasteiger partial charge in [0.1, 0.15) is 5.82 Å². The lowest BCUT2D eigenvalue weighted by atomic mass is 10.2. The summed E-state index contributed by atoms with van der Waals surface area (Å²) in [5, 5.41) is 3.06. The van der Waals surface area contributed by atoms with E-state index in [9.17, 15) is 0 Å². The van der Waals surface area contributed by atoms with Crippen molar-refractivity contribution in [1.82, 2.24) is 9.97 Å². The van der Waals surface area contributed by atoms with Crippen molar-refractivity contribution in [1.29, 1.82) is 0 Å². The zero-order valence-corrected chi connectivity index (χ0v) is 11.0. The van der Waals surface area contributed by atoms with Gasteiger partial charge in [0.2, 0.25) is 0 Å². The Bertz CT molecular complexity index is 548. The van der Waals surface area contributed by atoms with E-state index in [1.807, 2.05) is 25.2 Å². The van der Waals surface area contributed by atoms with Crippen molar-refractivity contribution in [3.8, 4) is 11.6 Å². The summed E-state index contributed by atoms with van der Waals surface area (Å²) in [6.07, 6.45) is 2.45. The van der Waals surface area contributed by atoms with Crippen LogP contribution in [0.5, 0.6) is 0 Å². The molecular weight excluding hydrogens is 282 g/mol. The van der Waals surface area contributed by atoms with Gasteiger partial charge in [-0.15, -0.1) is 0 Å². The summed E-state index contributed by atoms with van der Waals surface area (Å²) in [4.78, 5) is 8.97. The number of rotatable bonds is 3. The largest absolute Gasteiger partial charge is 0.446 e. The Hall–Kier alpha value is -1.36. The molecule has 0 amide bonds. The average Bonchev–Trinajstić information content (AvgIpc) is 3.11. The standard InChI is InChI=1S/C12H12BrN3O/c1-14-11-6-8(7-2-3-7)15-12(16-11)9-4-5-10(13)17-9/h4-7H,2-3H2,1H3,(H,14,15,16). The minimum absolute atomic E-state index is 0.599. The zero-order chi connectivity index (χ0) is 11.8. The maximum absolute atomic E-state index is 5.49. The SMILES string of the molecule is CNc1cc(C2CC2)nc(-c2ccc(Br)o2)n1. The second-order valence-corrected chi connectivity index (χ2v) is 4.91. The quantitative estimate of drug-likeness (QED) is 0.942. The van der Waals surface area contributed by atoms with Crippen LogP contribution in [0.25, 0.3) is 11.6 Å². The van der Waals surface area contributed by atoms with Crippen LogP contribution in [-0.4, -0.2) is 17.0 Å². The molecule has 1 saturated carbocycles. The van der Waals surface area contributed by atoms with E-state index in [1.54, 1.807) is 0 Å². The Kier molecular flexibility index (Phi) is 2.63. The van der Waals surface area contributed by atoms with Crippen molar-refractivity contribution < 1.29 is 4.42 Å². The fraction of sp³-hybridized carbons (Fsp3) is 0.333. The number of anilines is 1. The summed E-state index contributed by atoms with van der Waals surface area (Å²) < 4.78 is 6.18. The van der Waals surface area contributed by atoms with Crippen LogP contribution in [0.2, 0.25) is 0 Å². The molecular formula is C12H12BrN3O. The first kappa shape index (κ1) is 10.8. The van der Waals surface area contributed by atoms with Gasteiger partial charge in [-0.25, -0.2) is 9.97 Å². The van der Waals surface area contributed by atoms with Gasteiger partial charge in [-0.05, 0) is 40.9 Å². The summed E-state index contributed by atoms with van der Waals surface area (Å²) in [5.74, 6) is 2.77. The molecule has 1 fully saturated rings. The summed E-state index contributed by atoms with van der Waals surface area (Å²) in [6, 6.07) is 5.73. The van der Waals surface area contributed by atoms with Gasteiger partial charge in [0.25, 0.3) is 0 Å². The smallest absolute Gasteiger partial charge is 0.197 e. The minimum atomic E-state index is 0.599. The van der Waals surface area contributed by atoms with Crippen molar-refractivity contribution in [3.05, 3.63) is 28.6 Å². The number of furan rings is 1. The van der Waals surface area contributed by atoms with Gasteiger partial charge >= 0.3 is 0 Å². The van der Waals surface area contributed by atoms with Gasteiger partial charge in [0.15, 0.2) is 16.3 Å². The van der Waals surface area contributed by atoms with Gasteiger partial charge in [-0.1, -0.05) is 0 Å². The third kappa shape index (κ3) is 2.20. The minimum Gasteiger partial charge on any atom is -0.446 e. The Labute approximate surface area is 108 Å². The molecule has 0 aromatic carbocycles. The molecule has 0 spiro atoms. The van der Waals surface area contributed by atoms with E-state index >= 15 is 0 Å². The summed E-state index contributed by atoms with van der Waals surface area (Å²) in [7, 11) is 1.86. The third-order valence-electron chi connectivity index (χ3n) is 2.79. The monoisotopic (exact) mass is 293 g/mol. The Morgan fingerprint density at radius 2 is 2.18 bits per heavy atom. The molecule has 17 heavy (non-hydrogen) atoms. The number of aromatic nitrogens is 2. The van der Waals surface area contributed by atoms with Gasteiger partial charge in [0.05, 0.1) is 0 Å². The molecule has 1 N–H and O–H groups in total. The van der Waals surface area contributed by atoms with Crippen molar-refractivity contribution in [2.45, 2.75) is 18.8 Å². The second kappa shape index (κ2) is 4.14. The van der Waals surface area contributed by atoms with Crippen LogP contribution >= 0.6 is 15.9 Å². The van der Waals surface area contributed by atoms with Crippen molar-refractivity contribution in [2.24, 2.45) is 0 Å².